The van der Waals surface area contributed by atoms with Crippen LogP contribution in [-0.4, -0.2) is 24.8 Å². The highest BCUT2D eigenvalue weighted by Crippen LogP contribution is 2.37. The molecule has 0 saturated carbocycles. The number of thiophene rings is 1. The number of carbonyl (C=O) groups excluding carboxylic acids is 1. The van der Waals surface area contributed by atoms with Crippen LogP contribution in [-0.2, 0) is 9.53 Å². The number of ether oxygens (including phenoxy) is 2. The van der Waals surface area contributed by atoms with Gasteiger partial charge in [0.25, 0.3) is 5.56 Å². The molecule has 10 heteroatoms. The van der Waals surface area contributed by atoms with E-state index in [1.165, 1.54) is 41.5 Å². The first-order chi connectivity index (χ1) is 14.8. The van der Waals surface area contributed by atoms with Gasteiger partial charge in [-0.05, 0) is 59.3 Å². The van der Waals surface area contributed by atoms with Gasteiger partial charge in [0.2, 0.25) is 0 Å². The van der Waals surface area contributed by atoms with Crippen LogP contribution in [0.3, 0.4) is 0 Å². The van der Waals surface area contributed by atoms with E-state index in [9.17, 15) is 9.59 Å². The number of fused-ring (bicyclic) bond motifs is 1. The van der Waals surface area contributed by atoms with Crippen LogP contribution in [0.25, 0.3) is 6.08 Å². The number of aromatic nitrogens is 1. The summed E-state index contributed by atoms with van der Waals surface area (Å²) in [6, 6.07) is 8.16. The topological polar surface area (TPSA) is 69.9 Å². The van der Waals surface area contributed by atoms with Crippen LogP contribution in [0, 0.1) is 0 Å². The SMILES string of the molecule is COC(=O)C1=C(C)N=c2s/c(=C\c3ccc(Br)s3)c(=O)n2[C@H]1c1cc(Cl)ccc1OC. The number of esters is 1. The number of hydrogen-bond acceptors (Lipinski definition) is 7. The second-order valence-corrected chi connectivity index (χ2v) is 10.5. The van der Waals surface area contributed by atoms with Crippen LogP contribution in [0.4, 0.5) is 0 Å². The average Bonchev–Trinajstić information content (AvgIpc) is 3.29. The van der Waals surface area contributed by atoms with E-state index in [0.717, 1.165) is 8.66 Å². The number of hydrogen-bond donors (Lipinski definition) is 0. The zero-order valence-electron chi connectivity index (χ0n) is 16.6. The summed E-state index contributed by atoms with van der Waals surface area (Å²) in [5.74, 6) is -0.0629. The van der Waals surface area contributed by atoms with Gasteiger partial charge in [0.15, 0.2) is 4.80 Å². The predicted octanol–water partition coefficient (Wildman–Crippen LogP) is 3.89. The van der Waals surface area contributed by atoms with Gasteiger partial charge in [-0.25, -0.2) is 9.79 Å². The van der Waals surface area contributed by atoms with Crippen molar-refractivity contribution in [2.45, 2.75) is 13.0 Å². The van der Waals surface area contributed by atoms with Crippen molar-refractivity contribution >= 4 is 62.2 Å². The van der Waals surface area contributed by atoms with E-state index < -0.39 is 12.0 Å². The van der Waals surface area contributed by atoms with Crippen LogP contribution in [0.5, 0.6) is 5.75 Å². The number of methoxy groups -OCH3 is 2. The molecule has 1 aliphatic rings. The number of carbonyl (C=O) groups is 1. The Kier molecular flexibility index (Phi) is 6.20. The quantitative estimate of drug-likeness (QED) is 0.472. The molecule has 2 aromatic heterocycles. The summed E-state index contributed by atoms with van der Waals surface area (Å²) in [4.78, 5) is 32.2. The Morgan fingerprint density at radius 3 is 2.68 bits per heavy atom. The van der Waals surface area contributed by atoms with Gasteiger partial charge in [-0.1, -0.05) is 22.9 Å². The van der Waals surface area contributed by atoms with E-state index in [1.54, 1.807) is 25.1 Å². The summed E-state index contributed by atoms with van der Waals surface area (Å²) >= 11 is 12.5. The Labute approximate surface area is 198 Å². The summed E-state index contributed by atoms with van der Waals surface area (Å²) in [5.41, 5.74) is 1.07. The van der Waals surface area contributed by atoms with Crippen molar-refractivity contribution in [2.24, 2.45) is 4.99 Å². The molecule has 4 rings (SSSR count). The maximum atomic E-state index is 13.5. The molecule has 6 nitrogen and oxygen atoms in total. The molecule has 0 bridgehead atoms. The van der Waals surface area contributed by atoms with Crippen molar-refractivity contribution in [3.63, 3.8) is 0 Å². The standard InChI is InChI=1S/C21H16BrClN2O4S2/c1-10-17(20(27)29-3)18(13-8-11(23)4-6-14(13)28-2)25-19(26)15(31-21(25)24-10)9-12-5-7-16(22)30-12/h4-9,18H,1-3H3/b15-9-/t18-/m0/s1. The highest BCUT2D eigenvalue weighted by molar-refractivity contribution is 9.11. The summed E-state index contributed by atoms with van der Waals surface area (Å²) in [5, 5.41) is 0.459. The Hall–Kier alpha value is -2.20. The van der Waals surface area contributed by atoms with E-state index in [-0.39, 0.29) is 11.1 Å². The third-order valence-electron chi connectivity index (χ3n) is 4.78. The van der Waals surface area contributed by atoms with Gasteiger partial charge in [-0.15, -0.1) is 11.3 Å². The van der Waals surface area contributed by atoms with Crippen LogP contribution in [0.1, 0.15) is 23.4 Å². The van der Waals surface area contributed by atoms with Crippen molar-refractivity contribution < 1.29 is 14.3 Å². The molecule has 1 aromatic carbocycles. The first kappa shape index (κ1) is 22.0. The Balaban J connectivity index is 2.04. The fourth-order valence-corrected chi connectivity index (χ4v) is 6.10. The summed E-state index contributed by atoms with van der Waals surface area (Å²) in [6.45, 7) is 1.73. The molecular formula is C21H16BrClN2O4S2. The summed E-state index contributed by atoms with van der Waals surface area (Å²) < 4.78 is 13.5. The zero-order valence-corrected chi connectivity index (χ0v) is 20.6. The van der Waals surface area contributed by atoms with Crippen LogP contribution < -0.4 is 19.6 Å². The fraction of sp³-hybridized carbons (Fsp3) is 0.190. The average molecular weight is 540 g/mol. The van der Waals surface area contributed by atoms with Crippen LogP contribution in [0.15, 0.2) is 55.2 Å². The highest BCUT2D eigenvalue weighted by Gasteiger charge is 2.35. The minimum atomic E-state index is -0.783. The summed E-state index contributed by atoms with van der Waals surface area (Å²) in [7, 11) is 2.83. The third-order valence-corrected chi connectivity index (χ3v) is 7.57. The van der Waals surface area contributed by atoms with E-state index in [1.807, 2.05) is 18.2 Å². The number of thiazole rings is 1. The Morgan fingerprint density at radius 2 is 2.03 bits per heavy atom. The molecule has 0 saturated heterocycles. The van der Waals surface area contributed by atoms with Gasteiger partial charge in [-0.2, -0.15) is 0 Å². The van der Waals surface area contributed by atoms with Gasteiger partial charge in [0.1, 0.15) is 11.8 Å². The lowest BCUT2D eigenvalue weighted by Crippen LogP contribution is -2.40. The fourth-order valence-electron chi connectivity index (χ4n) is 3.44. The lowest BCUT2D eigenvalue weighted by Gasteiger charge is -2.25. The molecule has 0 amide bonds. The molecule has 1 aliphatic heterocycles. The minimum Gasteiger partial charge on any atom is -0.496 e. The number of rotatable bonds is 4. The Morgan fingerprint density at radius 1 is 1.26 bits per heavy atom. The highest BCUT2D eigenvalue weighted by atomic mass is 79.9. The summed E-state index contributed by atoms with van der Waals surface area (Å²) in [6.07, 6.45) is 1.82. The van der Waals surface area contributed by atoms with Gasteiger partial charge < -0.3 is 9.47 Å². The second kappa shape index (κ2) is 8.74. The molecule has 0 spiro atoms. The molecule has 1 atom stereocenters. The molecule has 0 aliphatic carbocycles. The zero-order chi connectivity index (χ0) is 22.3. The van der Waals surface area contributed by atoms with Gasteiger partial charge in [-0.3, -0.25) is 9.36 Å². The van der Waals surface area contributed by atoms with E-state index >= 15 is 0 Å². The van der Waals surface area contributed by atoms with Gasteiger partial charge >= 0.3 is 5.97 Å². The normalized spacial score (nSPS) is 16.2. The van der Waals surface area contributed by atoms with Crippen LogP contribution >= 0.6 is 50.2 Å². The van der Waals surface area contributed by atoms with Gasteiger partial charge in [0.05, 0.1) is 33.8 Å². The van der Waals surface area contributed by atoms with Crippen molar-refractivity contribution in [1.82, 2.24) is 4.57 Å². The number of nitrogens with zero attached hydrogens (tertiary/aromatic N) is 2. The molecular weight excluding hydrogens is 524 g/mol. The molecule has 31 heavy (non-hydrogen) atoms. The monoisotopic (exact) mass is 538 g/mol. The van der Waals surface area contributed by atoms with Crippen molar-refractivity contribution in [1.29, 1.82) is 0 Å². The van der Waals surface area contributed by atoms with E-state index in [2.05, 4.69) is 20.9 Å². The van der Waals surface area contributed by atoms with Crippen molar-refractivity contribution in [3.05, 3.63) is 80.5 Å². The number of allylic oxidation sites excluding steroid dienone is 1. The maximum Gasteiger partial charge on any atom is 0.338 e. The molecule has 160 valence electrons. The third kappa shape index (κ3) is 4.03. The second-order valence-electron chi connectivity index (χ2n) is 6.60. The number of benzene rings is 1. The molecule has 0 radical (unpaired) electrons. The Bertz CT molecular complexity index is 1400. The predicted molar refractivity (Wildman–Crippen MR) is 126 cm³/mol. The minimum absolute atomic E-state index is 0.255. The molecule has 3 aromatic rings. The first-order valence-electron chi connectivity index (χ1n) is 9.03. The molecule has 0 fully saturated rings. The first-order valence-corrected chi connectivity index (χ1v) is 11.8. The lowest BCUT2D eigenvalue weighted by molar-refractivity contribution is -0.136. The molecule has 3 heterocycles. The van der Waals surface area contributed by atoms with Crippen molar-refractivity contribution in [3.8, 4) is 5.75 Å². The van der Waals surface area contributed by atoms with E-state index in [4.69, 9.17) is 21.1 Å². The van der Waals surface area contributed by atoms with Gasteiger partial charge in [0, 0.05) is 15.5 Å². The molecule has 0 unspecified atom stereocenters. The maximum absolute atomic E-state index is 13.5. The van der Waals surface area contributed by atoms with Crippen LogP contribution in [0.2, 0.25) is 5.02 Å². The van der Waals surface area contributed by atoms with E-state index in [0.29, 0.717) is 31.4 Å². The lowest BCUT2D eigenvalue weighted by atomic mass is 9.95. The number of halogens is 2. The molecule has 0 N–H and O–H groups in total. The largest absolute Gasteiger partial charge is 0.496 e. The van der Waals surface area contributed by atoms with Crippen molar-refractivity contribution in [2.75, 3.05) is 14.2 Å². The smallest absolute Gasteiger partial charge is 0.338 e.